The van der Waals surface area contributed by atoms with E-state index in [1.165, 1.54) is 199 Å². The van der Waals surface area contributed by atoms with Crippen LogP contribution in [0.3, 0.4) is 0 Å². The summed E-state index contributed by atoms with van der Waals surface area (Å²) in [4.78, 5) is 26.2. The fourth-order valence-corrected chi connectivity index (χ4v) is 8.66. The van der Waals surface area contributed by atoms with Crippen LogP contribution in [0.25, 0.3) is 0 Å². The van der Waals surface area contributed by atoms with Crippen molar-refractivity contribution in [2.24, 2.45) is 0 Å². The van der Waals surface area contributed by atoms with Gasteiger partial charge in [0.05, 0.1) is 25.2 Å². The number of hydrogen-bond donors (Lipinski definition) is 3. The number of carbonyl (C=O) groups excluding carboxylic acids is 2. The maximum absolute atomic E-state index is 13.2. The minimum atomic E-state index is -0.785. The normalized spacial score (nSPS) is 13.2. The molecule has 0 bridgehead atoms. The maximum atomic E-state index is 13.2. The van der Waals surface area contributed by atoms with Gasteiger partial charge in [0.2, 0.25) is 5.91 Å². The van der Waals surface area contributed by atoms with Crippen molar-refractivity contribution < 1.29 is 24.5 Å². The first-order chi connectivity index (χ1) is 30.0. The van der Waals surface area contributed by atoms with E-state index in [0.717, 1.165) is 57.8 Å². The predicted molar refractivity (Wildman–Crippen MR) is 264 cm³/mol. The Hall–Kier alpha value is -1.40. The quantitative estimate of drug-likeness (QED) is 0.0322. The van der Waals surface area contributed by atoms with Gasteiger partial charge in [0.25, 0.3) is 0 Å². The monoisotopic (exact) mass is 862 g/mol. The number of nitrogens with one attached hydrogen (secondary N) is 1. The SMILES string of the molecule is CCCCCCCCCCC/C=C/CCCCCC(CC(=O)NC(CO)C(O)CCCCCCCCCCCC)OC(=O)CCCCCCCCCCCCCCCCCC. The van der Waals surface area contributed by atoms with E-state index in [0.29, 0.717) is 19.3 Å². The van der Waals surface area contributed by atoms with Gasteiger partial charge in [0.15, 0.2) is 0 Å². The zero-order valence-corrected chi connectivity index (χ0v) is 41.3. The van der Waals surface area contributed by atoms with E-state index in [1.54, 1.807) is 0 Å². The van der Waals surface area contributed by atoms with Crippen molar-refractivity contribution in [1.29, 1.82) is 0 Å². The third-order valence-electron chi connectivity index (χ3n) is 12.8. The average Bonchev–Trinajstić information content (AvgIpc) is 3.25. The molecule has 0 aliphatic heterocycles. The standard InChI is InChI=1S/C55H107NO5/c1-4-7-10-13-16-19-22-24-26-28-30-32-34-37-40-43-46-51(49-54(59)56-52(50-57)53(58)47-44-41-38-35-21-18-15-12-9-6-3)61-55(60)48-45-42-39-36-33-31-29-27-25-23-20-17-14-11-8-5-2/h30,32,51-53,57-58H,4-29,31,33-50H2,1-3H3,(H,56,59)/b32-30+. The summed E-state index contributed by atoms with van der Waals surface area (Å²) < 4.78 is 5.95. The molecule has 3 atom stereocenters. The molecular formula is C55H107NO5. The fourth-order valence-electron chi connectivity index (χ4n) is 8.66. The Bertz CT molecular complexity index is 924. The molecule has 3 unspecified atom stereocenters. The number of amides is 1. The Balaban J connectivity index is 4.54. The van der Waals surface area contributed by atoms with Crippen LogP contribution in [0.1, 0.15) is 303 Å². The molecule has 362 valence electrons. The van der Waals surface area contributed by atoms with Gasteiger partial charge in [-0.15, -0.1) is 0 Å². The molecule has 0 rings (SSSR count). The number of rotatable bonds is 50. The summed E-state index contributed by atoms with van der Waals surface area (Å²) in [5.74, 6) is -0.469. The Morgan fingerprint density at radius 2 is 0.787 bits per heavy atom. The summed E-state index contributed by atoms with van der Waals surface area (Å²) in [6.07, 6.45) is 55.6. The van der Waals surface area contributed by atoms with E-state index in [4.69, 9.17) is 4.74 Å². The Morgan fingerprint density at radius 3 is 1.18 bits per heavy atom. The summed E-state index contributed by atoms with van der Waals surface area (Å²) in [6.45, 7) is 6.50. The maximum Gasteiger partial charge on any atom is 0.306 e. The molecule has 61 heavy (non-hydrogen) atoms. The first kappa shape index (κ1) is 59.6. The first-order valence-electron chi connectivity index (χ1n) is 27.4. The Morgan fingerprint density at radius 1 is 0.459 bits per heavy atom. The van der Waals surface area contributed by atoms with Crippen LogP contribution in [0.4, 0.5) is 0 Å². The number of ether oxygens (including phenoxy) is 1. The van der Waals surface area contributed by atoms with Gasteiger partial charge in [0, 0.05) is 6.42 Å². The molecule has 0 aromatic heterocycles. The molecule has 6 nitrogen and oxygen atoms in total. The van der Waals surface area contributed by atoms with Gasteiger partial charge < -0.3 is 20.3 Å². The molecule has 6 heteroatoms. The van der Waals surface area contributed by atoms with Crippen LogP contribution >= 0.6 is 0 Å². The van der Waals surface area contributed by atoms with Gasteiger partial charge >= 0.3 is 5.97 Å². The highest BCUT2D eigenvalue weighted by atomic mass is 16.5. The molecule has 0 aliphatic carbocycles. The highest BCUT2D eigenvalue weighted by molar-refractivity contribution is 5.77. The van der Waals surface area contributed by atoms with Crippen LogP contribution in [0.5, 0.6) is 0 Å². The number of carbonyl (C=O) groups is 2. The molecular weight excluding hydrogens is 755 g/mol. The molecule has 0 aromatic carbocycles. The van der Waals surface area contributed by atoms with Crippen molar-refractivity contribution in [1.82, 2.24) is 5.32 Å². The van der Waals surface area contributed by atoms with Crippen LogP contribution in [-0.4, -0.2) is 46.9 Å². The minimum absolute atomic E-state index is 0.0742. The van der Waals surface area contributed by atoms with E-state index in [2.05, 4.69) is 38.2 Å². The highest BCUT2D eigenvalue weighted by Crippen LogP contribution is 2.18. The van der Waals surface area contributed by atoms with E-state index in [1.807, 2.05) is 0 Å². The molecule has 0 fully saturated rings. The lowest BCUT2D eigenvalue weighted by molar-refractivity contribution is -0.151. The second-order valence-corrected chi connectivity index (χ2v) is 19.0. The predicted octanol–water partition coefficient (Wildman–Crippen LogP) is 16.5. The van der Waals surface area contributed by atoms with Crippen molar-refractivity contribution in [2.75, 3.05) is 6.61 Å². The zero-order chi connectivity index (χ0) is 44.5. The average molecular weight is 862 g/mol. The van der Waals surface area contributed by atoms with Gasteiger partial charge in [-0.1, -0.05) is 251 Å². The number of unbranched alkanes of at least 4 members (excludes halogenated alkanes) is 36. The minimum Gasteiger partial charge on any atom is -0.462 e. The summed E-state index contributed by atoms with van der Waals surface area (Å²) >= 11 is 0. The molecule has 0 radical (unpaired) electrons. The van der Waals surface area contributed by atoms with Gasteiger partial charge in [-0.3, -0.25) is 9.59 Å². The van der Waals surface area contributed by atoms with Crippen LogP contribution in [0.2, 0.25) is 0 Å². The lowest BCUT2D eigenvalue weighted by atomic mass is 10.0. The molecule has 3 N–H and O–H groups in total. The second kappa shape index (κ2) is 49.6. The molecule has 1 amide bonds. The van der Waals surface area contributed by atoms with Crippen molar-refractivity contribution in [3.05, 3.63) is 12.2 Å². The number of allylic oxidation sites excluding steroid dienone is 2. The van der Waals surface area contributed by atoms with Gasteiger partial charge in [-0.25, -0.2) is 0 Å². The second-order valence-electron chi connectivity index (χ2n) is 19.0. The lowest BCUT2D eigenvalue weighted by Gasteiger charge is -2.24. The van der Waals surface area contributed by atoms with E-state index >= 15 is 0 Å². The van der Waals surface area contributed by atoms with Crippen LogP contribution in [0, 0.1) is 0 Å². The first-order valence-corrected chi connectivity index (χ1v) is 27.4. The molecule has 0 saturated heterocycles. The molecule has 0 saturated carbocycles. The third kappa shape index (κ3) is 45.0. The van der Waals surface area contributed by atoms with E-state index in [-0.39, 0.29) is 24.9 Å². The van der Waals surface area contributed by atoms with Crippen molar-refractivity contribution in [3.63, 3.8) is 0 Å². The van der Waals surface area contributed by atoms with Gasteiger partial charge in [-0.2, -0.15) is 0 Å². The van der Waals surface area contributed by atoms with Gasteiger partial charge in [0.1, 0.15) is 6.10 Å². The largest absolute Gasteiger partial charge is 0.462 e. The topological polar surface area (TPSA) is 95.9 Å². The molecule has 0 spiro atoms. The number of esters is 1. The fraction of sp³-hybridized carbons (Fsp3) is 0.927. The number of hydrogen-bond acceptors (Lipinski definition) is 5. The van der Waals surface area contributed by atoms with Crippen molar-refractivity contribution >= 4 is 11.9 Å². The van der Waals surface area contributed by atoms with Crippen LogP contribution < -0.4 is 5.32 Å². The molecule has 0 aromatic rings. The van der Waals surface area contributed by atoms with Crippen LogP contribution in [0.15, 0.2) is 12.2 Å². The third-order valence-corrected chi connectivity index (χ3v) is 12.8. The van der Waals surface area contributed by atoms with E-state index in [9.17, 15) is 19.8 Å². The molecule has 0 heterocycles. The lowest BCUT2D eigenvalue weighted by Crippen LogP contribution is -2.46. The Kier molecular flexibility index (Phi) is 48.5. The zero-order valence-electron chi connectivity index (χ0n) is 41.3. The highest BCUT2D eigenvalue weighted by Gasteiger charge is 2.24. The van der Waals surface area contributed by atoms with Crippen molar-refractivity contribution in [2.45, 2.75) is 322 Å². The van der Waals surface area contributed by atoms with Gasteiger partial charge in [-0.05, 0) is 51.4 Å². The summed E-state index contributed by atoms with van der Waals surface area (Å²) in [7, 11) is 0. The summed E-state index contributed by atoms with van der Waals surface area (Å²) in [5, 5.41) is 23.7. The Labute approximate surface area is 380 Å². The number of aliphatic hydroxyl groups excluding tert-OH is 2. The van der Waals surface area contributed by atoms with Crippen LogP contribution in [-0.2, 0) is 14.3 Å². The van der Waals surface area contributed by atoms with E-state index < -0.39 is 18.2 Å². The summed E-state index contributed by atoms with van der Waals surface area (Å²) in [6, 6.07) is -0.699. The molecule has 0 aliphatic rings. The number of aliphatic hydroxyl groups is 2. The summed E-state index contributed by atoms with van der Waals surface area (Å²) in [5.41, 5.74) is 0. The van der Waals surface area contributed by atoms with Crippen molar-refractivity contribution in [3.8, 4) is 0 Å². The smallest absolute Gasteiger partial charge is 0.306 e.